The zero-order chi connectivity index (χ0) is 25.9. The summed E-state index contributed by atoms with van der Waals surface area (Å²) in [5.74, 6) is -0.00778. The quantitative estimate of drug-likeness (QED) is 0.305. The molecule has 3 aromatic heterocycles. The number of benzene rings is 2. The molecule has 0 fully saturated rings. The Hall–Kier alpha value is -4.79. The zero-order valence-electron chi connectivity index (χ0n) is 20.4. The number of nitrogens with zero attached hydrogens (tertiary/aromatic N) is 3. The lowest BCUT2D eigenvalue weighted by molar-refractivity contribution is 0.252. The number of nitrogens with one attached hydrogen (secondary N) is 3. The predicted molar refractivity (Wildman–Crippen MR) is 142 cm³/mol. The molecule has 0 radical (unpaired) electrons. The monoisotopic (exact) mass is 496 g/mol. The Morgan fingerprint density at radius 1 is 1.05 bits per heavy atom. The summed E-state index contributed by atoms with van der Waals surface area (Å²) in [7, 11) is 0. The average Bonchev–Trinajstić information content (AvgIpc) is 3.29. The molecule has 2 amide bonds. The van der Waals surface area contributed by atoms with Crippen LogP contribution < -0.4 is 16.2 Å². The van der Waals surface area contributed by atoms with E-state index >= 15 is 0 Å². The Morgan fingerprint density at radius 3 is 2.54 bits per heavy atom. The third-order valence-corrected chi connectivity index (χ3v) is 6.02. The van der Waals surface area contributed by atoms with E-state index in [1.54, 1.807) is 29.0 Å². The van der Waals surface area contributed by atoms with E-state index in [1.165, 1.54) is 12.1 Å². The second-order valence-corrected chi connectivity index (χ2v) is 8.64. The second-order valence-electron chi connectivity index (χ2n) is 8.64. The van der Waals surface area contributed by atoms with Gasteiger partial charge in [0.05, 0.1) is 23.3 Å². The number of carbonyl (C=O) groups excluding carboxylic acids is 1. The first kappa shape index (κ1) is 23.9. The minimum Gasteiger partial charge on any atom is -0.338 e. The van der Waals surface area contributed by atoms with Crippen LogP contribution in [-0.4, -0.2) is 32.1 Å². The molecule has 3 heterocycles. The van der Waals surface area contributed by atoms with Crippen LogP contribution in [0.2, 0.25) is 0 Å². The number of urea groups is 1. The van der Waals surface area contributed by atoms with Crippen LogP contribution >= 0.6 is 0 Å². The molecular formula is C28H25FN6O2. The number of carbonyl (C=O) groups is 1. The summed E-state index contributed by atoms with van der Waals surface area (Å²) in [4.78, 5) is 37.4. The minimum absolute atomic E-state index is 0.165. The molecule has 5 rings (SSSR count). The highest BCUT2D eigenvalue weighted by atomic mass is 19.1. The van der Waals surface area contributed by atoms with Gasteiger partial charge in [0, 0.05) is 30.1 Å². The van der Waals surface area contributed by atoms with Crippen molar-refractivity contribution in [3.8, 4) is 22.4 Å². The molecule has 37 heavy (non-hydrogen) atoms. The third-order valence-electron chi connectivity index (χ3n) is 6.02. The molecule has 0 saturated heterocycles. The number of pyridine rings is 2. The van der Waals surface area contributed by atoms with Crippen molar-refractivity contribution in [3.63, 3.8) is 0 Å². The maximum Gasteiger partial charge on any atom is 0.321 e. The highest BCUT2D eigenvalue weighted by Gasteiger charge is 2.16. The SMILES string of the molecule is CCNC(=O)Nc1nc2c(-c3ccccn3)cc(-c3cc(C)n(Cc4ccc(F)cc4)c(=O)c3)cc2[nH]1. The normalized spacial score (nSPS) is 11.0. The Kier molecular flexibility index (Phi) is 6.51. The molecule has 5 aromatic rings. The minimum atomic E-state index is -0.360. The fraction of sp³-hybridized carbons (Fsp3) is 0.143. The summed E-state index contributed by atoms with van der Waals surface area (Å²) in [6.45, 7) is 4.54. The van der Waals surface area contributed by atoms with E-state index in [1.807, 2.05) is 50.2 Å². The number of aryl methyl sites for hydroxylation is 1. The second kappa shape index (κ2) is 10.1. The van der Waals surface area contributed by atoms with Crippen LogP contribution in [0.25, 0.3) is 33.4 Å². The zero-order valence-corrected chi connectivity index (χ0v) is 20.4. The van der Waals surface area contributed by atoms with Crippen molar-refractivity contribution in [3.05, 3.63) is 100 Å². The Labute approximate surface area is 212 Å². The van der Waals surface area contributed by atoms with Gasteiger partial charge in [-0.1, -0.05) is 18.2 Å². The number of amides is 2. The van der Waals surface area contributed by atoms with Crippen molar-refractivity contribution in [2.75, 3.05) is 11.9 Å². The van der Waals surface area contributed by atoms with E-state index in [-0.39, 0.29) is 17.4 Å². The number of imidazole rings is 1. The largest absolute Gasteiger partial charge is 0.338 e. The van der Waals surface area contributed by atoms with Crippen molar-refractivity contribution < 1.29 is 9.18 Å². The first-order chi connectivity index (χ1) is 17.9. The van der Waals surface area contributed by atoms with E-state index < -0.39 is 0 Å². The summed E-state index contributed by atoms with van der Waals surface area (Å²) >= 11 is 0. The molecule has 0 aliphatic carbocycles. The van der Waals surface area contributed by atoms with Crippen LogP contribution in [0.3, 0.4) is 0 Å². The molecule has 9 heteroatoms. The maximum absolute atomic E-state index is 13.3. The van der Waals surface area contributed by atoms with Crippen LogP contribution in [0.1, 0.15) is 18.2 Å². The topological polar surface area (TPSA) is 105 Å². The number of aromatic nitrogens is 4. The molecular weight excluding hydrogens is 471 g/mol. The van der Waals surface area contributed by atoms with Crippen molar-refractivity contribution in [2.45, 2.75) is 20.4 Å². The van der Waals surface area contributed by atoms with Gasteiger partial charge < -0.3 is 14.9 Å². The van der Waals surface area contributed by atoms with Crippen molar-refractivity contribution in [2.24, 2.45) is 0 Å². The number of H-pyrrole nitrogens is 1. The fourth-order valence-electron chi connectivity index (χ4n) is 4.24. The van der Waals surface area contributed by atoms with Crippen LogP contribution in [-0.2, 0) is 6.54 Å². The van der Waals surface area contributed by atoms with Gasteiger partial charge in [0.25, 0.3) is 5.56 Å². The lowest BCUT2D eigenvalue weighted by Gasteiger charge is -2.13. The van der Waals surface area contributed by atoms with Crippen molar-refractivity contribution >= 4 is 23.0 Å². The molecule has 0 saturated carbocycles. The first-order valence-corrected chi connectivity index (χ1v) is 11.9. The summed E-state index contributed by atoms with van der Waals surface area (Å²) in [6.07, 6.45) is 1.70. The Balaban J connectivity index is 1.58. The van der Waals surface area contributed by atoms with Gasteiger partial charge in [0.15, 0.2) is 0 Å². The van der Waals surface area contributed by atoms with E-state index in [9.17, 15) is 14.0 Å². The number of anilines is 1. The highest BCUT2D eigenvalue weighted by Crippen LogP contribution is 2.33. The number of fused-ring (bicyclic) bond motifs is 1. The van der Waals surface area contributed by atoms with Crippen LogP contribution in [0, 0.1) is 12.7 Å². The Bertz CT molecular complexity index is 1640. The number of aromatic amines is 1. The van der Waals surface area contributed by atoms with Gasteiger partial charge in [0.2, 0.25) is 5.95 Å². The van der Waals surface area contributed by atoms with Gasteiger partial charge in [-0.05, 0) is 73.0 Å². The van der Waals surface area contributed by atoms with Crippen LogP contribution in [0.15, 0.2) is 77.7 Å². The van der Waals surface area contributed by atoms with E-state index in [2.05, 4.69) is 25.6 Å². The molecule has 3 N–H and O–H groups in total. The van der Waals surface area contributed by atoms with Gasteiger partial charge in [-0.15, -0.1) is 0 Å². The summed E-state index contributed by atoms with van der Waals surface area (Å²) in [5, 5.41) is 5.39. The van der Waals surface area contributed by atoms with Crippen LogP contribution in [0.5, 0.6) is 0 Å². The fourth-order valence-corrected chi connectivity index (χ4v) is 4.24. The maximum atomic E-state index is 13.3. The molecule has 0 unspecified atom stereocenters. The number of rotatable bonds is 6. The van der Waals surface area contributed by atoms with Crippen molar-refractivity contribution in [1.29, 1.82) is 0 Å². The molecule has 0 aliphatic heterocycles. The third kappa shape index (κ3) is 5.11. The summed E-state index contributed by atoms with van der Waals surface area (Å²) in [5.41, 5.74) is 5.81. The molecule has 0 atom stereocenters. The van der Waals surface area contributed by atoms with Crippen molar-refractivity contribution in [1.82, 2.24) is 24.8 Å². The van der Waals surface area contributed by atoms with E-state index in [0.29, 0.717) is 35.8 Å². The van der Waals surface area contributed by atoms with Gasteiger partial charge in [0.1, 0.15) is 5.82 Å². The molecule has 8 nitrogen and oxygen atoms in total. The number of hydrogen-bond donors (Lipinski definition) is 3. The smallest absolute Gasteiger partial charge is 0.321 e. The lowest BCUT2D eigenvalue weighted by Crippen LogP contribution is -2.28. The molecule has 0 spiro atoms. The number of hydrogen-bond acceptors (Lipinski definition) is 4. The van der Waals surface area contributed by atoms with Crippen LogP contribution in [0.4, 0.5) is 15.1 Å². The molecule has 0 aliphatic rings. The van der Waals surface area contributed by atoms with Gasteiger partial charge in [-0.25, -0.2) is 14.2 Å². The standard InChI is InChI=1S/C28H25FN6O2/c1-3-30-28(37)34-27-32-24-14-20(13-22(26(24)33-27)23-6-4-5-11-31-23)19-12-17(2)35(25(36)15-19)16-18-7-9-21(29)10-8-18/h4-15H,3,16H2,1-2H3,(H3,30,32,33,34,37). The van der Waals surface area contributed by atoms with E-state index in [4.69, 9.17) is 0 Å². The molecule has 186 valence electrons. The highest BCUT2D eigenvalue weighted by molar-refractivity contribution is 5.98. The predicted octanol–water partition coefficient (Wildman–Crippen LogP) is 5.09. The Morgan fingerprint density at radius 2 is 1.84 bits per heavy atom. The molecule has 0 bridgehead atoms. The van der Waals surface area contributed by atoms with Gasteiger partial charge >= 0.3 is 6.03 Å². The van der Waals surface area contributed by atoms with Gasteiger partial charge in [-0.3, -0.25) is 15.1 Å². The van der Waals surface area contributed by atoms with Gasteiger partial charge in [-0.2, -0.15) is 0 Å². The summed E-state index contributed by atoms with van der Waals surface area (Å²) < 4.78 is 14.9. The van der Waals surface area contributed by atoms with E-state index in [0.717, 1.165) is 27.9 Å². The summed E-state index contributed by atoms with van der Waals surface area (Å²) in [6, 6.07) is 18.7. The lowest BCUT2D eigenvalue weighted by atomic mass is 9.99. The first-order valence-electron chi connectivity index (χ1n) is 11.9. The molecule has 2 aromatic carbocycles. The number of halogens is 1. The average molecular weight is 497 g/mol.